The van der Waals surface area contributed by atoms with Crippen LogP contribution in [0.4, 0.5) is 0 Å². The van der Waals surface area contributed by atoms with Crippen LogP contribution in [-0.2, 0) is 0 Å². The smallest absolute Gasteiger partial charge is 0.119 e. The van der Waals surface area contributed by atoms with E-state index in [1.165, 1.54) is 0 Å². The zero-order chi connectivity index (χ0) is 16.2. The number of fused-ring (bicyclic) bond motifs is 1. The number of ether oxygens (including phenoxy) is 1. The van der Waals surface area contributed by atoms with Gasteiger partial charge in [-0.15, -0.1) is 0 Å². The van der Waals surface area contributed by atoms with E-state index in [0.29, 0.717) is 11.1 Å². The summed E-state index contributed by atoms with van der Waals surface area (Å²) in [5.74, 6) is 0.738. The van der Waals surface area contributed by atoms with E-state index in [9.17, 15) is 5.26 Å². The summed E-state index contributed by atoms with van der Waals surface area (Å²) in [4.78, 5) is 3.16. The molecule has 0 spiro atoms. The molecule has 1 N–H and O–H groups in total. The SMILES string of the molecule is COc1ccc2[nH]cc(C(C#N)=Cc3cccc(C#N)c3)c2c1. The van der Waals surface area contributed by atoms with Crippen molar-refractivity contribution in [2.24, 2.45) is 0 Å². The van der Waals surface area contributed by atoms with Crippen LogP contribution in [-0.4, -0.2) is 12.1 Å². The number of hydrogen-bond acceptors (Lipinski definition) is 3. The van der Waals surface area contributed by atoms with E-state index in [-0.39, 0.29) is 0 Å². The Labute approximate surface area is 133 Å². The van der Waals surface area contributed by atoms with E-state index in [0.717, 1.165) is 27.8 Å². The molecule has 0 unspecified atom stereocenters. The summed E-state index contributed by atoms with van der Waals surface area (Å²) in [6.45, 7) is 0. The van der Waals surface area contributed by atoms with E-state index < -0.39 is 0 Å². The molecule has 0 amide bonds. The zero-order valence-electron chi connectivity index (χ0n) is 12.5. The van der Waals surface area contributed by atoms with Crippen molar-refractivity contribution in [1.29, 1.82) is 10.5 Å². The number of H-pyrrole nitrogens is 1. The highest BCUT2D eigenvalue weighted by molar-refractivity contribution is 6.01. The second kappa shape index (κ2) is 6.09. The van der Waals surface area contributed by atoms with E-state index in [4.69, 9.17) is 10.00 Å². The molecule has 0 bridgehead atoms. The minimum Gasteiger partial charge on any atom is -0.497 e. The molecular weight excluding hydrogens is 286 g/mol. The van der Waals surface area contributed by atoms with Gasteiger partial charge < -0.3 is 9.72 Å². The maximum atomic E-state index is 9.54. The van der Waals surface area contributed by atoms with Gasteiger partial charge in [0.2, 0.25) is 0 Å². The third-order valence-electron chi connectivity index (χ3n) is 3.63. The third kappa shape index (κ3) is 2.79. The van der Waals surface area contributed by atoms with Gasteiger partial charge in [0.05, 0.1) is 30.4 Å². The van der Waals surface area contributed by atoms with E-state index in [1.54, 1.807) is 31.4 Å². The quantitative estimate of drug-likeness (QED) is 0.739. The number of aromatic amines is 1. The summed E-state index contributed by atoms with van der Waals surface area (Å²) in [5.41, 5.74) is 3.66. The largest absolute Gasteiger partial charge is 0.497 e. The average molecular weight is 299 g/mol. The summed E-state index contributed by atoms with van der Waals surface area (Å²) in [5, 5.41) is 19.4. The molecule has 0 aliphatic rings. The van der Waals surface area contributed by atoms with Crippen molar-refractivity contribution in [3.05, 3.63) is 65.4 Å². The first-order valence-electron chi connectivity index (χ1n) is 7.02. The number of allylic oxidation sites excluding steroid dienone is 1. The lowest BCUT2D eigenvalue weighted by Crippen LogP contribution is -1.84. The van der Waals surface area contributed by atoms with Crippen molar-refractivity contribution >= 4 is 22.6 Å². The molecule has 0 fully saturated rings. The number of nitriles is 2. The van der Waals surface area contributed by atoms with Gasteiger partial charge in [-0.05, 0) is 42.0 Å². The summed E-state index contributed by atoms with van der Waals surface area (Å²) in [6, 6.07) is 17.2. The molecule has 23 heavy (non-hydrogen) atoms. The Morgan fingerprint density at radius 2 is 2.04 bits per heavy atom. The van der Waals surface area contributed by atoms with Crippen LogP contribution in [0.1, 0.15) is 16.7 Å². The molecule has 0 atom stereocenters. The van der Waals surface area contributed by atoms with E-state index >= 15 is 0 Å². The Hall–Kier alpha value is -3.50. The molecule has 0 radical (unpaired) electrons. The van der Waals surface area contributed by atoms with Crippen LogP contribution in [0.25, 0.3) is 22.6 Å². The Bertz CT molecular complexity index is 984. The Kier molecular flexibility index (Phi) is 3.82. The van der Waals surface area contributed by atoms with Gasteiger partial charge in [-0.2, -0.15) is 10.5 Å². The lowest BCUT2D eigenvalue weighted by Gasteiger charge is -2.02. The van der Waals surface area contributed by atoms with Gasteiger partial charge in [0.25, 0.3) is 0 Å². The van der Waals surface area contributed by atoms with Crippen molar-refractivity contribution in [3.8, 4) is 17.9 Å². The number of nitrogens with one attached hydrogen (secondary N) is 1. The third-order valence-corrected chi connectivity index (χ3v) is 3.63. The first kappa shape index (κ1) is 14.4. The molecule has 0 aliphatic carbocycles. The van der Waals surface area contributed by atoms with Crippen molar-refractivity contribution in [1.82, 2.24) is 4.98 Å². The van der Waals surface area contributed by atoms with Crippen molar-refractivity contribution in [2.45, 2.75) is 0 Å². The monoisotopic (exact) mass is 299 g/mol. The van der Waals surface area contributed by atoms with Crippen molar-refractivity contribution in [3.63, 3.8) is 0 Å². The van der Waals surface area contributed by atoms with Gasteiger partial charge in [-0.25, -0.2) is 0 Å². The minimum absolute atomic E-state index is 0.527. The van der Waals surface area contributed by atoms with Gasteiger partial charge >= 0.3 is 0 Å². The van der Waals surface area contributed by atoms with Crippen molar-refractivity contribution in [2.75, 3.05) is 7.11 Å². The lowest BCUT2D eigenvalue weighted by molar-refractivity contribution is 0.415. The number of rotatable bonds is 3. The molecule has 2 aromatic carbocycles. The summed E-state index contributed by atoms with van der Waals surface area (Å²) >= 11 is 0. The van der Waals surface area contributed by atoms with Crippen LogP contribution in [0.2, 0.25) is 0 Å². The molecule has 0 saturated carbocycles. The number of aromatic nitrogens is 1. The molecule has 0 aliphatic heterocycles. The molecule has 0 saturated heterocycles. The second-order valence-electron chi connectivity index (χ2n) is 5.02. The molecule has 3 rings (SSSR count). The first-order chi connectivity index (χ1) is 11.2. The lowest BCUT2D eigenvalue weighted by atomic mass is 10.0. The Morgan fingerprint density at radius 3 is 2.78 bits per heavy atom. The molecule has 3 aromatic rings. The summed E-state index contributed by atoms with van der Waals surface area (Å²) in [6.07, 6.45) is 3.59. The predicted octanol–water partition coefficient (Wildman–Crippen LogP) is 4.11. The van der Waals surface area contributed by atoms with Gasteiger partial charge in [-0.1, -0.05) is 12.1 Å². The maximum Gasteiger partial charge on any atom is 0.119 e. The topological polar surface area (TPSA) is 72.6 Å². The van der Waals surface area contributed by atoms with Gasteiger partial charge in [0.1, 0.15) is 5.75 Å². The number of benzene rings is 2. The van der Waals surface area contributed by atoms with E-state index in [1.807, 2.05) is 30.5 Å². The van der Waals surface area contributed by atoms with Crippen LogP contribution in [0.15, 0.2) is 48.7 Å². The Balaban J connectivity index is 2.13. The standard InChI is InChI=1S/C19H13N3O/c1-23-16-5-6-19-17(9-16)18(12-22-19)15(11-21)8-13-3-2-4-14(7-13)10-20/h2-9,12,22H,1H3. The van der Waals surface area contributed by atoms with Crippen LogP contribution in [0.5, 0.6) is 5.75 Å². The van der Waals surface area contributed by atoms with Gasteiger partial charge in [0, 0.05) is 22.7 Å². The molecule has 1 aromatic heterocycles. The minimum atomic E-state index is 0.527. The molecule has 110 valence electrons. The summed E-state index contributed by atoms with van der Waals surface area (Å²) < 4.78 is 5.26. The van der Waals surface area contributed by atoms with Crippen LogP contribution in [0, 0.1) is 22.7 Å². The van der Waals surface area contributed by atoms with Crippen molar-refractivity contribution < 1.29 is 4.74 Å². The van der Waals surface area contributed by atoms with E-state index in [2.05, 4.69) is 17.1 Å². The highest BCUT2D eigenvalue weighted by atomic mass is 16.5. The normalized spacial score (nSPS) is 11.0. The Morgan fingerprint density at radius 1 is 1.17 bits per heavy atom. The highest BCUT2D eigenvalue weighted by Crippen LogP contribution is 2.29. The maximum absolute atomic E-state index is 9.54. The van der Waals surface area contributed by atoms with Crippen LogP contribution >= 0.6 is 0 Å². The fourth-order valence-electron chi connectivity index (χ4n) is 2.48. The van der Waals surface area contributed by atoms with Crippen LogP contribution in [0.3, 0.4) is 0 Å². The second-order valence-corrected chi connectivity index (χ2v) is 5.02. The zero-order valence-corrected chi connectivity index (χ0v) is 12.5. The average Bonchev–Trinajstić information content (AvgIpc) is 3.02. The molecule has 1 heterocycles. The fraction of sp³-hybridized carbons (Fsp3) is 0.0526. The predicted molar refractivity (Wildman–Crippen MR) is 89.5 cm³/mol. The molecule has 4 nitrogen and oxygen atoms in total. The molecule has 4 heteroatoms. The highest BCUT2D eigenvalue weighted by Gasteiger charge is 2.10. The van der Waals surface area contributed by atoms with Crippen LogP contribution < -0.4 is 4.74 Å². The number of methoxy groups -OCH3 is 1. The first-order valence-corrected chi connectivity index (χ1v) is 7.02. The molecular formula is C19H13N3O. The summed E-state index contributed by atoms with van der Waals surface area (Å²) in [7, 11) is 1.61. The van der Waals surface area contributed by atoms with Gasteiger partial charge in [0.15, 0.2) is 0 Å². The number of hydrogen-bond donors (Lipinski definition) is 1. The van der Waals surface area contributed by atoms with Gasteiger partial charge in [-0.3, -0.25) is 0 Å². The fourth-order valence-corrected chi connectivity index (χ4v) is 2.48. The number of nitrogens with zero attached hydrogens (tertiary/aromatic N) is 2.